The Balaban J connectivity index is 1.91. The van der Waals surface area contributed by atoms with E-state index in [1.54, 1.807) is 0 Å². The summed E-state index contributed by atoms with van der Waals surface area (Å²) >= 11 is 0. The molecule has 0 spiro atoms. The third-order valence-electron chi connectivity index (χ3n) is 9.68. The van der Waals surface area contributed by atoms with Gasteiger partial charge in [-0.3, -0.25) is 0 Å². The molecular weight excluding hydrogens is 567 g/mol. The quantitative estimate of drug-likeness (QED) is 0.104. The van der Waals surface area contributed by atoms with Crippen molar-refractivity contribution in [3.05, 3.63) is 89.0 Å². The van der Waals surface area contributed by atoms with Gasteiger partial charge in [0.15, 0.2) is 11.0 Å². The summed E-state index contributed by atoms with van der Waals surface area (Å²) in [7, 11) is -0.985. The maximum Gasteiger partial charge on any atom is 0.297 e. The van der Waals surface area contributed by atoms with E-state index in [-0.39, 0.29) is 0 Å². The molecule has 3 aromatic carbocycles. The second-order valence-electron chi connectivity index (χ2n) is 15.8. The van der Waals surface area contributed by atoms with Crippen molar-refractivity contribution in [3.8, 4) is 11.3 Å². The third-order valence-corrected chi connectivity index (χ3v) is 19.0. The molecule has 6 rings (SSSR count). The van der Waals surface area contributed by atoms with Gasteiger partial charge in [-0.25, -0.2) is 9.55 Å². The lowest BCUT2D eigenvalue weighted by Crippen LogP contribution is -2.46. The Kier molecular flexibility index (Phi) is 7.45. The number of rotatable bonds is 6. The molecule has 0 aliphatic rings. The van der Waals surface area contributed by atoms with Crippen LogP contribution in [0, 0.1) is 6.92 Å². The molecule has 0 radical (unpaired) electrons. The molecule has 0 atom stereocenters. The fourth-order valence-electron chi connectivity index (χ4n) is 8.42. The van der Waals surface area contributed by atoms with E-state index in [0.717, 1.165) is 11.2 Å². The van der Waals surface area contributed by atoms with E-state index in [4.69, 9.17) is 4.98 Å². The Labute approximate surface area is 266 Å². The van der Waals surface area contributed by atoms with Gasteiger partial charge in [0.2, 0.25) is 0 Å². The number of hydrogen-bond acceptors (Lipinski definition) is 1. The van der Waals surface area contributed by atoms with Crippen LogP contribution in [-0.4, -0.2) is 25.5 Å². The lowest BCUT2D eigenvalue weighted by atomic mass is 9.86. The first kappa shape index (κ1) is 30.7. The van der Waals surface area contributed by atoms with E-state index in [1.165, 1.54) is 60.8 Å². The fourth-order valence-corrected chi connectivity index (χ4v) is 21.2. The minimum Gasteiger partial charge on any atom is -0.247 e. The van der Waals surface area contributed by atoms with E-state index < -0.39 is 16.1 Å². The Bertz CT molecular complexity index is 2030. The molecule has 44 heavy (non-hydrogen) atoms. The normalized spacial score (nSPS) is 13.2. The van der Waals surface area contributed by atoms with E-state index in [2.05, 4.69) is 157 Å². The van der Waals surface area contributed by atoms with Crippen LogP contribution < -0.4 is 4.57 Å². The molecule has 0 fully saturated rings. The molecule has 0 saturated carbocycles. The molecule has 3 aromatic heterocycles. The van der Waals surface area contributed by atoms with Crippen LogP contribution in [0.3, 0.4) is 0 Å². The minimum absolute atomic E-state index is 0.410. The Morgan fingerprint density at radius 2 is 1.23 bits per heavy atom. The highest BCUT2D eigenvalue weighted by Gasteiger charge is 2.41. The summed E-state index contributed by atoms with van der Waals surface area (Å²) in [6, 6.07) is 25.2. The largest absolute Gasteiger partial charge is 0.297 e. The first-order valence-corrected chi connectivity index (χ1v) is 23.6. The lowest BCUT2D eigenvalue weighted by Gasteiger charge is -2.39. The van der Waals surface area contributed by atoms with Gasteiger partial charge in [-0.1, -0.05) is 109 Å². The van der Waals surface area contributed by atoms with Gasteiger partial charge in [-0.15, -0.1) is 0 Å². The predicted octanol–water partition coefficient (Wildman–Crippen LogP) is 10.7. The minimum atomic E-state index is -1.60. The van der Waals surface area contributed by atoms with Gasteiger partial charge in [-0.05, 0) is 70.4 Å². The van der Waals surface area contributed by atoms with Gasteiger partial charge >= 0.3 is 0 Å². The van der Waals surface area contributed by atoms with Crippen molar-refractivity contribution >= 4 is 54.6 Å². The topological polar surface area (TPSA) is 21.2 Å². The number of fused-ring (bicyclic) bond motifs is 8. The second-order valence-corrected chi connectivity index (χ2v) is 27.0. The summed E-state index contributed by atoms with van der Waals surface area (Å²) in [4.78, 5) is 5.79. The molecule has 0 bridgehead atoms. The maximum atomic E-state index is 5.79. The van der Waals surface area contributed by atoms with Crippen molar-refractivity contribution in [2.24, 2.45) is 7.05 Å². The summed E-state index contributed by atoms with van der Waals surface area (Å²) in [6.45, 7) is 27.0. The van der Waals surface area contributed by atoms with E-state index in [9.17, 15) is 0 Å². The molecule has 3 heterocycles. The number of aryl methyl sites for hydroxylation is 2. The van der Waals surface area contributed by atoms with Gasteiger partial charge in [0.1, 0.15) is 5.52 Å². The average molecular weight is 617 g/mol. The average Bonchev–Trinajstić information content (AvgIpc) is 3.23. The molecule has 0 amide bonds. The number of aromatic nitrogens is 3. The van der Waals surface area contributed by atoms with Crippen LogP contribution >= 0.6 is 0 Å². The van der Waals surface area contributed by atoms with Crippen LogP contribution in [0.5, 0.6) is 0 Å². The van der Waals surface area contributed by atoms with Crippen molar-refractivity contribution in [2.75, 3.05) is 0 Å². The third kappa shape index (κ3) is 4.75. The molecule has 3 nitrogen and oxygen atoms in total. The summed E-state index contributed by atoms with van der Waals surface area (Å²) in [5.74, 6) is 0.821. The number of hydrogen-bond donors (Lipinski definition) is 0. The standard InChI is InChI=1S/C39H50N3Si2/c1-24(2)27-17-15-18-28(25(3)4)35(27)30-23-26(5)34-37(40-30)36-29(39(43(7,8)9)44(10,11)12)19-16-22-33(36)42-32-21-14-13-20-31(32)41(6)38(34)42/h13-25,39H,1-12H3/q+1. The monoisotopic (exact) mass is 616 g/mol. The second kappa shape index (κ2) is 10.7. The van der Waals surface area contributed by atoms with Crippen LogP contribution in [0.15, 0.2) is 66.7 Å². The molecule has 0 saturated heterocycles. The van der Waals surface area contributed by atoms with Gasteiger partial charge in [0.25, 0.3) is 5.65 Å². The summed E-state index contributed by atoms with van der Waals surface area (Å²) in [5, 5.41) is 3.21. The summed E-state index contributed by atoms with van der Waals surface area (Å²) < 4.78 is 4.91. The molecule has 6 aromatic rings. The van der Waals surface area contributed by atoms with Crippen LogP contribution in [0.2, 0.25) is 39.3 Å². The lowest BCUT2D eigenvalue weighted by molar-refractivity contribution is -0.617. The fraction of sp³-hybridized carbons (Fsp3) is 0.385. The highest BCUT2D eigenvalue weighted by molar-refractivity contribution is 6.96. The van der Waals surface area contributed by atoms with Crippen LogP contribution in [0.1, 0.15) is 66.9 Å². The van der Waals surface area contributed by atoms with Crippen molar-refractivity contribution in [1.82, 2.24) is 9.38 Å². The Morgan fingerprint density at radius 1 is 0.682 bits per heavy atom. The van der Waals surface area contributed by atoms with Crippen molar-refractivity contribution in [1.29, 1.82) is 0 Å². The first-order chi connectivity index (χ1) is 20.6. The molecule has 228 valence electrons. The number of imidazole rings is 1. The Morgan fingerprint density at radius 3 is 1.82 bits per heavy atom. The number of benzene rings is 3. The highest BCUT2D eigenvalue weighted by atomic mass is 28.4. The molecule has 5 heteroatoms. The first-order valence-electron chi connectivity index (χ1n) is 16.4. The summed E-state index contributed by atoms with van der Waals surface area (Å²) in [6.07, 6.45) is 0. The molecule has 0 unspecified atom stereocenters. The SMILES string of the molecule is Cc1cc(-c2c(C(C)C)cccc2C(C)C)nc2c3c(C([Si](C)(C)C)[Si](C)(C)C)cccc3n3c4ccccc4[n+](C)c3c12. The van der Waals surface area contributed by atoms with Crippen LogP contribution in [-0.2, 0) is 7.05 Å². The zero-order valence-electron chi connectivity index (χ0n) is 28.9. The van der Waals surface area contributed by atoms with Gasteiger partial charge < -0.3 is 0 Å². The van der Waals surface area contributed by atoms with E-state index in [0.29, 0.717) is 17.0 Å². The molecule has 0 N–H and O–H groups in total. The van der Waals surface area contributed by atoms with Gasteiger partial charge in [-0.2, -0.15) is 4.40 Å². The molecule has 0 aliphatic carbocycles. The van der Waals surface area contributed by atoms with Crippen molar-refractivity contribution in [3.63, 3.8) is 0 Å². The predicted molar refractivity (Wildman–Crippen MR) is 197 cm³/mol. The van der Waals surface area contributed by atoms with Gasteiger partial charge in [0, 0.05) is 21.7 Å². The van der Waals surface area contributed by atoms with E-state index >= 15 is 0 Å². The van der Waals surface area contributed by atoms with E-state index in [1.807, 2.05) is 0 Å². The number of pyridine rings is 2. The highest BCUT2D eigenvalue weighted by Crippen LogP contribution is 2.44. The molecule has 0 aliphatic heterocycles. The van der Waals surface area contributed by atoms with Crippen LogP contribution in [0.25, 0.3) is 49.7 Å². The van der Waals surface area contributed by atoms with Crippen molar-refractivity contribution in [2.45, 2.75) is 90.9 Å². The molecular formula is C39H50N3Si2+. The Hall–Kier alpha value is -3.29. The maximum absolute atomic E-state index is 5.79. The number of nitrogens with zero attached hydrogens (tertiary/aromatic N) is 3. The van der Waals surface area contributed by atoms with Crippen LogP contribution in [0.4, 0.5) is 0 Å². The zero-order chi connectivity index (χ0) is 31.9. The smallest absolute Gasteiger partial charge is 0.247 e. The van der Waals surface area contributed by atoms with Gasteiger partial charge in [0.05, 0.1) is 29.0 Å². The number of para-hydroxylation sites is 2. The summed E-state index contributed by atoms with van der Waals surface area (Å²) in [5.41, 5.74) is 14.2. The zero-order valence-corrected chi connectivity index (χ0v) is 30.9. The van der Waals surface area contributed by atoms with Crippen molar-refractivity contribution < 1.29 is 4.57 Å².